The van der Waals surface area contributed by atoms with Crippen molar-refractivity contribution in [3.8, 4) is 0 Å². The Morgan fingerprint density at radius 2 is 2.22 bits per heavy atom. The van der Waals surface area contributed by atoms with Crippen LogP contribution in [0, 0.1) is 0 Å². The van der Waals surface area contributed by atoms with Gasteiger partial charge in [0.25, 0.3) is 0 Å². The number of carbonyl (C=O) groups is 2. The van der Waals surface area contributed by atoms with E-state index in [0.717, 1.165) is 6.42 Å². The normalized spacial score (nSPS) is 20.2. The molecule has 1 atom stereocenters. The van der Waals surface area contributed by atoms with Gasteiger partial charge in [-0.15, -0.1) is 0 Å². The van der Waals surface area contributed by atoms with Crippen LogP contribution in [-0.2, 0) is 14.3 Å². The molecule has 0 aromatic heterocycles. The number of morpholine rings is 1. The Hall–Kier alpha value is -1.14. The zero-order valence-corrected chi connectivity index (χ0v) is 11.2. The van der Waals surface area contributed by atoms with Crippen LogP contribution in [0.25, 0.3) is 0 Å². The number of ether oxygens (including phenoxy) is 1. The summed E-state index contributed by atoms with van der Waals surface area (Å²) in [5, 5.41) is 0. The van der Waals surface area contributed by atoms with Crippen molar-refractivity contribution in [2.45, 2.75) is 25.9 Å². The van der Waals surface area contributed by atoms with Gasteiger partial charge in [-0.1, -0.05) is 6.92 Å². The molecule has 0 saturated carbocycles. The summed E-state index contributed by atoms with van der Waals surface area (Å²) in [6, 6.07) is 0. The highest BCUT2D eigenvalue weighted by atomic mass is 16.5. The van der Waals surface area contributed by atoms with Crippen molar-refractivity contribution in [1.82, 2.24) is 9.80 Å². The van der Waals surface area contributed by atoms with Gasteiger partial charge in [0, 0.05) is 26.1 Å². The number of hydrogen-bond donors (Lipinski definition) is 1. The fraction of sp³-hybridized carbons (Fsp3) is 0.833. The van der Waals surface area contributed by atoms with Gasteiger partial charge in [0.1, 0.15) is 0 Å². The van der Waals surface area contributed by atoms with Gasteiger partial charge in [-0.25, -0.2) is 0 Å². The van der Waals surface area contributed by atoms with Crippen LogP contribution in [0.2, 0.25) is 0 Å². The highest BCUT2D eigenvalue weighted by Gasteiger charge is 2.24. The van der Waals surface area contributed by atoms with Crippen molar-refractivity contribution in [3.05, 3.63) is 0 Å². The van der Waals surface area contributed by atoms with Crippen molar-refractivity contribution in [2.75, 3.05) is 39.8 Å². The molecule has 104 valence electrons. The Labute approximate surface area is 108 Å². The third-order valence-electron chi connectivity index (χ3n) is 2.90. The topological polar surface area (TPSA) is 75.9 Å². The Balaban J connectivity index is 2.38. The fourth-order valence-corrected chi connectivity index (χ4v) is 2.11. The lowest BCUT2D eigenvalue weighted by Crippen LogP contribution is -2.49. The molecule has 18 heavy (non-hydrogen) atoms. The minimum atomic E-state index is -0.354. The van der Waals surface area contributed by atoms with E-state index in [1.165, 1.54) is 0 Å². The van der Waals surface area contributed by atoms with Crippen LogP contribution in [0.4, 0.5) is 0 Å². The Kier molecular flexibility index (Phi) is 6.07. The molecule has 0 unspecified atom stereocenters. The molecule has 0 aliphatic carbocycles. The number of likely N-dealkylation sites (N-methyl/N-ethyl adjacent to an activating group) is 1. The first-order chi connectivity index (χ1) is 8.52. The van der Waals surface area contributed by atoms with E-state index in [1.807, 2.05) is 23.8 Å². The summed E-state index contributed by atoms with van der Waals surface area (Å²) < 4.78 is 5.60. The molecule has 0 aromatic carbocycles. The number of primary amides is 1. The zero-order chi connectivity index (χ0) is 13.5. The molecule has 0 spiro atoms. The first-order valence-electron chi connectivity index (χ1n) is 6.39. The second-order valence-corrected chi connectivity index (χ2v) is 4.75. The third-order valence-corrected chi connectivity index (χ3v) is 2.90. The van der Waals surface area contributed by atoms with E-state index in [2.05, 4.69) is 0 Å². The molecule has 0 aromatic rings. The smallest absolute Gasteiger partial charge is 0.231 e. The number of nitrogens with two attached hydrogens (primary N) is 1. The first-order valence-corrected chi connectivity index (χ1v) is 6.39. The van der Waals surface area contributed by atoms with Crippen LogP contribution in [0.15, 0.2) is 0 Å². The average Bonchev–Trinajstić information content (AvgIpc) is 2.28. The molecule has 6 nitrogen and oxygen atoms in total. The molecule has 1 rings (SSSR count). The Morgan fingerprint density at radius 1 is 1.50 bits per heavy atom. The largest absolute Gasteiger partial charge is 0.373 e. The highest BCUT2D eigenvalue weighted by Crippen LogP contribution is 2.08. The summed E-state index contributed by atoms with van der Waals surface area (Å²) in [6.07, 6.45) is 1.41. The molecule has 6 heteroatoms. The third kappa shape index (κ3) is 5.01. The summed E-state index contributed by atoms with van der Waals surface area (Å²) in [6.45, 7) is 4.64. The first kappa shape index (κ1) is 14.9. The molecule has 1 aliphatic rings. The van der Waals surface area contributed by atoms with E-state index in [4.69, 9.17) is 10.5 Å². The van der Waals surface area contributed by atoms with Gasteiger partial charge in [-0.2, -0.15) is 0 Å². The molecule has 1 saturated heterocycles. The van der Waals surface area contributed by atoms with E-state index in [0.29, 0.717) is 32.7 Å². The quantitative estimate of drug-likeness (QED) is 0.691. The molecule has 0 bridgehead atoms. The van der Waals surface area contributed by atoms with E-state index in [1.54, 1.807) is 0 Å². The number of rotatable bonds is 6. The second-order valence-electron chi connectivity index (χ2n) is 4.75. The maximum Gasteiger partial charge on any atom is 0.231 e. The van der Waals surface area contributed by atoms with Crippen LogP contribution in [0.1, 0.15) is 19.8 Å². The summed E-state index contributed by atoms with van der Waals surface area (Å²) in [7, 11) is 1.82. The fourth-order valence-electron chi connectivity index (χ4n) is 2.11. The lowest BCUT2D eigenvalue weighted by molar-refractivity contribution is -0.139. The van der Waals surface area contributed by atoms with Crippen LogP contribution < -0.4 is 5.73 Å². The molecule has 0 radical (unpaired) electrons. The van der Waals surface area contributed by atoms with Crippen molar-refractivity contribution >= 4 is 11.8 Å². The maximum absolute atomic E-state index is 11.8. The number of amides is 2. The Morgan fingerprint density at radius 3 is 2.83 bits per heavy atom. The molecular weight excluding hydrogens is 234 g/mol. The predicted octanol–water partition coefficient (Wildman–Crippen LogP) is -0.569. The highest BCUT2D eigenvalue weighted by molar-refractivity contribution is 5.76. The zero-order valence-electron chi connectivity index (χ0n) is 11.2. The number of nitrogens with zero attached hydrogens (tertiary/aromatic N) is 2. The van der Waals surface area contributed by atoms with Crippen molar-refractivity contribution in [1.29, 1.82) is 0 Å². The van der Waals surface area contributed by atoms with E-state index < -0.39 is 0 Å². The number of carbonyl (C=O) groups excluding carboxylic acids is 2. The van der Waals surface area contributed by atoms with Gasteiger partial charge in [0.05, 0.1) is 19.3 Å². The number of hydrogen-bond acceptors (Lipinski definition) is 4. The van der Waals surface area contributed by atoms with Crippen molar-refractivity contribution < 1.29 is 14.3 Å². The predicted molar refractivity (Wildman–Crippen MR) is 67.9 cm³/mol. The maximum atomic E-state index is 11.8. The van der Waals surface area contributed by atoms with Crippen LogP contribution >= 0.6 is 0 Å². The van der Waals surface area contributed by atoms with Gasteiger partial charge in [0.15, 0.2) is 0 Å². The summed E-state index contributed by atoms with van der Waals surface area (Å²) in [5.74, 6) is -0.171. The molecule has 1 fully saturated rings. The van der Waals surface area contributed by atoms with Crippen LogP contribution in [0.5, 0.6) is 0 Å². The lowest BCUT2D eigenvalue weighted by atomic mass is 10.2. The Bertz CT molecular complexity index is 296. The molecule has 1 heterocycles. The molecule has 2 amide bonds. The molecular formula is C12H23N3O3. The van der Waals surface area contributed by atoms with Gasteiger partial charge < -0.3 is 15.4 Å². The van der Waals surface area contributed by atoms with Gasteiger partial charge in [0.2, 0.25) is 11.8 Å². The minimum Gasteiger partial charge on any atom is -0.373 e. The van der Waals surface area contributed by atoms with E-state index in [9.17, 15) is 9.59 Å². The van der Waals surface area contributed by atoms with E-state index in [-0.39, 0.29) is 24.5 Å². The summed E-state index contributed by atoms with van der Waals surface area (Å²) >= 11 is 0. The molecule has 1 aliphatic heterocycles. The van der Waals surface area contributed by atoms with Crippen molar-refractivity contribution in [3.63, 3.8) is 0 Å². The molecule has 2 N–H and O–H groups in total. The average molecular weight is 257 g/mol. The SMILES string of the molecule is CCCC(=O)N1CCO[C@H](CN(C)CC(N)=O)C1. The second kappa shape index (κ2) is 7.33. The van der Waals surface area contributed by atoms with Gasteiger partial charge in [-0.3, -0.25) is 14.5 Å². The summed E-state index contributed by atoms with van der Waals surface area (Å²) in [4.78, 5) is 26.2. The summed E-state index contributed by atoms with van der Waals surface area (Å²) in [5.41, 5.74) is 5.13. The van der Waals surface area contributed by atoms with Crippen LogP contribution in [0.3, 0.4) is 0 Å². The van der Waals surface area contributed by atoms with Gasteiger partial charge >= 0.3 is 0 Å². The van der Waals surface area contributed by atoms with E-state index >= 15 is 0 Å². The minimum absolute atomic E-state index is 0.0380. The van der Waals surface area contributed by atoms with Gasteiger partial charge in [-0.05, 0) is 13.5 Å². The lowest BCUT2D eigenvalue weighted by Gasteiger charge is -2.34. The van der Waals surface area contributed by atoms with Crippen molar-refractivity contribution in [2.24, 2.45) is 5.73 Å². The standard InChI is InChI=1S/C12H23N3O3/c1-3-4-12(17)15-5-6-18-10(8-15)7-14(2)9-11(13)16/h10H,3-9H2,1-2H3,(H2,13,16)/t10-/m1/s1. The van der Waals surface area contributed by atoms with Crippen LogP contribution in [-0.4, -0.2) is 67.6 Å². The monoisotopic (exact) mass is 257 g/mol.